The summed E-state index contributed by atoms with van der Waals surface area (Å²) in [7, 11) is 0. The van der Waals surface area contributed by atoms with Crippen molar-refractivity contribution in [2.24, 2.45) is 0 Å². The van der Waals surface area contributed by atoms with Crippen LogP contribution in [0.1, 0.15) is 26.3 Å². The van der Waals surface area contributed by atoms with Crippen LogP contribution in [0.3, 0.4) is 0 Å². The van der Waals surface area contributed by atoms with Gasteiger partial charge in [0.2, 0.25) is 0 Å². The Bertz CT molecular complexity index is 1070. The van der Waals surface area contributed by atoms with E-state index >= 15 is 0 Å². The van der Waals surface area contributed by atoms with Crippen LogP contribution in [0.15, 0.2) is 60.8 Å². The number of rotatable bonds is 5. The molecule has 2 aromatic carbocycles. The van der Waals surface area contributed by atoms with Crippen molar-refractivity contribution in [2.45, 2.75) is 26.2 Å². The van der Waals surface area contributed by atoms with Crippen molar-refractivity contribution in [1.82, 2.24) is 10.2 Å². The minimum atomic E-state index is -0.289. The number of aromatic nitrogens is 2. The summed E-state index contributed by atoms with van der Waals surface area (Å²) < 4.78 is 5.41. The minimum Gasteiger partial charge on any atom is -0.378 e. The maximum atomic E-state index is 12.4. The van der Waals surface area contributed by atoms with Crippen molar-refractivity contribution in [2.75, 3.05) is 47.2 Å². The summed E-state index contributed by atoms with van der Waals surface area (Å²) >= 11 is 0. The van der Waals surface area contributed by atoms with Crippen molar-refractivity contribution in [3.63, 3.8) is 0 Å². The molecular weight excluding hydrogens is 416 g/mol. The topological polar surface area (TPSA) is 91.4 Å². The summed E-state index contributed by atoms with van der Waals surface area (Å²) in [4.78, 5) is 14.6. The van der Waals surface area contributed by atoms with Gasteiger partial charge in [0.25, 0.3) is 0 Å². The van der Waals surface area contributed by atoms with Gasteiger partial charge in [-0.1, -0.05) is 32.9 Å². The zero-order valence-electron chi connectivity index (χ0n) is 19.3. The summed E-state index contributed by atoms with van der Waals surface area (Å²) in [6, 6.07) is 17.0. The van der Waals surface area contributed by atoms with E-state index in [1.165, 1.54) is 5.56 Å². The van der Waals surface area contributed by atoms with E-state index in [-0.39, 0.29) is 11.4 Å². The maximum Gasteiger partial charge on any atom is 0.323 e. The highest BCUT2D eigenvalue weighted by Gasteiger charge is 2.14. The van der Waals surface area contributed by atoms with E-state index in [0.29, 0.717) is 11.5 Å². The standard InChI is InChI=1S/C25H30N6O2/c1-25(2,3)18-4-6-20(7-5-18)28-24(32)29-21-10-8-19(9-11-21)27-23-16-22(17-26-30-23)31-12-14-33-15-13-31/h4-11,16-17H,12-15H2,1-3H3,(H,27,30)(H2,28,29,32). The predicted octanol–water partition coefficient (Wildman–Crippen LogP) is 5.00. The number of hydrogen-bond donors (Lipinski definition) is 3. The van der Waals surface area contributed by atoms with Gasteiger partial charge in [-0.2, -0.15) is 5.10 Å². The van der Waals surface area contributed by atoms with Crippen molar-refractivity contribution in [3.05, 3.63) is 66.4 Å². The lowest BCUT2D eigenvalue weighted by Gasteiger charge is -2.28. The summed E-state index contributed by atoms with van der Waals surface area (Å²) in [5.74, 6) is 0.663. The number of anilines is 5. The van der Waals surface area contributed by atoms with Crippen LogP contribution in [0.4, 0.5) is 33.4 Å². The molecule has 0 unspecified atom stereocenters. The molecule has 33 heavy (non-hydrogen) atoms. The predicted molar refractivity (Wildman–Crippen MR) is 133 cm³/mol. The molecule has 8 heteroatoms. The lowest BCUT2D eigenvalue weighted by molar-refractivity contribution is 0.122. The van der Waals surface area contributed by atoms with Gasteiger partial charge in [-0.25, -0.2) is 4.79 Å². The largest absolute Gasteiger partial charge is 0.378 e. The highest BCUT2D eigenvalue weighted by Crippen LogP contribution is 2.24. The summed E-state index contributed by atoms with van der Waals surface area (Å²) in [5.41, 5.74) is 4.60. The molecule has 0 radical (unpaired) electrons. The second kappa shape index (κ2) is 9.87. The lowest BCUT2D eigenvalue weighted by atomic mass is 9.87. The number of nitrogens with one attached hydrogen (secondary N) is 3. The first-order valence-electron chi connectivity index (χ1n) is 11.1. The Morgan fingerprint density at radius 1 is 0.909 bits per heavy atom. The number of morpholine rings is 1. The molecule has 0 aliphatic carbocycles. The monoisotopic (exact) mass is 446 g/mol. The third-order valence-electron chi connectivity index (χ3n) is 5.44. The molecule has 1 saturated heterocycles. The summed E-state index contributed by atoms with van der Waals surface area (Å²) in [6.07, 6.45) is 1.76. The van der Waals surface area contributed by atoms with Crippen LogP contribution >= 0.6 is 0 Å². The molecule has 4 rings (SSSR count). The second-order valence-corrected chi connectivity index (χ2v) is 9.01. The van der Waals surface area contributed by atoms with Crippen LogP contribution in [-0.2, 0) is 10.2 Å². The molecule has 2 heterocycles. The minimum absolute atomic E-state index is 0.0754. The average molecular weight is 447 g/mol. The second-order valence-electron chi connectivity index (χ2n) is 9.01. The fourth-order valence-electron chi connectivity index (χ4n) is 3.54. The Hall–Kier alpha value is -3.65. The van der Waals surface area contributed by atoms with Crippen LogP contribution in [0.5, 0.6) is 0 Å². The Morgan fingerprint density at radius 3 is 2.09 bits per heavy atom. The molecule has 3 N–H and O–H groups in total. The fraction of sp³-hybridized carbons (Fsp3) is 0.320. The van der Waals surface area contributed by atoms with Crippen molar-refractivity contribution < 1.29 is 9.53 Å². The average Bonchev–Trinajstić information content (AvgIpc) is 2.81. The zero-order valence-corrected chi connectivity index (χ0v) is 19.3. The quantitative estimate of drug-likeness (QED) is 0.511. The fourth-order valence-corrected chi connectivity index (χ4v) is 3.54. The number of urea groups is 1. The van der Waals surface area contributed by atoms with Gasteiger partial charge < -0.3 is 25.6 Å². The molecule has 0 bridgehead atoms. The van der Waals surface area contributed by atoms with Crippen LogP contribution in [-0.4, -0.2) is 42.5 Å². The number of benzene rings is 2. The lowest BCUT2D eigenvalue weighted by Crippen LogP contribution is -2.36. The highest BCUT2D eigenvalue weighted by atomic mass is 16.5. The van der Waals surface area contributed by atoms with Gasteiger partial charge >= 0.3 is 6.03 Å². The molecule has 172 valence electrons. The number of hydrogen-bond acceptors (Lipinski definition) is 6. The summed E-state index contributed by atoms with van der Waals surface area (Å²) in [5, 5.41) is 17.3. The van der Waals surface area contributed by atoms with E-state index in [1.54, 1.807) is 6.20 Å². The molecule has 1 aliphatic rings. The number of amides is 2. The van der Waals surface area contributed by atoms with Crippen molar-refractivity contribution in [3.8, 4) is 0 Å². The molecule has 0 spiro atoms. The summed E-state index contributed by atoms with van der Waals surface area (Å²) in [6.45, 7) is 9.60. The van der Waals surface area contributed by atoms with E-state index in [2.05, 4.69) is 51.8 Å². The van der Waals surface area contributed by atoms with Gasteiger partial charge in [-0.05, 0) is 47.4 Å². The van der Waals surface area contributed by atoms with Gasteiger partial charge in [-0.3, -0.25) is 0 Å². The number of nitrogens with zero attached hydrogens (tertiary/aromatic N) is 3. The molecule has 1 aliphatic heterocycles. The van der Waals surface area contributed by atoms with E-state index in [4.69, 9.17) is 4.74 Å². The number of carbonyl (C=O) groups is 1. The van der Waals surface area contributed by atoms with Crippen molar-refractivity contribution in [1.29, 1.82) is 0 Å². The van der Waals surface area contributed by atoms with E-state index < -0.39 is 0 Å². The molecule has 3 aromatic rings. The molecular formula is C25H30N6O2. The number of ether oxygens (including phenoxy) is 1. The van der Waals surface area contributed by atoms with Crippen LogP contribution in [0.2, 0.25) is 0 Å². The first-order valence-corrected chi connectivity index (χ1v) is 11.1. The smallest absolute Gasteiger partial charge is 0.323 e. The molecule has 1 aromatic heterocycles. The Morgan fingerprint density at radius 2 is 1.48 bits per heavy atom. The van der Waals surface area contributed by atoms with Gasteiger partial charge in [0.15, 0.2) is 5.82 Å². The molecule has 8 nitrogen and oxygen atoms in total. The molecule has 2 amide bonds. The Kier molecular flexibility index (Phi) is 6.74. The van der Waals surface area contributed by atoms with Gasteiger partial charge in [0.05, 0.1) is 25.1 Å². The first-order chi connectivity index (χ1) is 15.9. The van der Waals surface area contributed by atoms with Gasteiger partial charge in [0.1, 0.15) is 0 Å². The van der Waals surface area contributed by atoms with Crippen LogP contribution in [0.25, 0.3) is 0 Å². The van der Waals surface area contributed by atoms with E-state index in [1.807, 2.05) is 54.6 Å². The first kappa shape index (κ1) is 22.5. The van der Waals surface area contributed by atoms with E-state index in [9.17, 15) is 4.79 Å². The highest BCUT2D eigenvalue weighted by molar-refractivity contribution is 5.99. The van der Waals surface area contributed by atoms with Crippen LogP contribution < -0.4 is 20.9 Å². The van der Waals surface area contributed by atoms with Gasteiger partial charge in [0, 0.05) is 36.2 Å². The molecule has 0 atom stereocenters. The Balaban J connectivity index is 1.32. The SMILES string of the molecule is CC(C)(C)c1ccc(NC(=O)Nc2ccc(Nc3cc(N4CCOCC4)cnn3)cc2)cc1. The van der Waals surface area contributed by atoms with Crippen molar-refractivity contribution >= 4 is 34.6 Å². The normalized spacial score (nSPS) is 14.0. The number of carbonyl (C=O) groups excluding carboxylic acids is 1. The van der Waals surface area contributed by atoms with Gasteiger partial charge in [-0.15, -0.1) is 5.10 Å². The third-order valence-corrected chi connectivity index (χ3v) is 5.44. The zero-order chi connectivity index (χ0) is 23.3. The van der Waals surface area contributed by atoms with E-state index in [0.717, 1.165) is 43.4 Å². The third kappa shape index (κ3) is 6.20. The maximum absolute atomic E-state index is 12.4. The molecule has 0 saturated carbocycles. The van der Waals surface area contributed by atoms with Crippen LogP contribution in [0, 0.1) is 0 Å². The molecule has 1 fully saturated rings. The Labute approximate surface area is 194 Å².